The minimum absolute atomic E-state index is 0.0481. The molecule has 1 saturated carbocycles. The summed E-state index contributed by atoms with van der Waals surface area (Å²) in [6.45, 7) is 13.9. The zero-order valence-corrected chi connectivity index (χ0v) is 25.6. The molecule has 0 aromatic rings. The van der Waals surface area contributed by atoms with Crippen molar-refractivity contribution in [1.82, 2.24) is 0 Å². The van der Waals surface area contributed by atoms with Gasteiger partial charge in [-0.2, -0.15) is 0 Å². The maximum atomic E-state index is 12.2. The van der Waals surface area contributed by atoms with Crippen LogP contribution in [0.2, 0.25) is 0 Å². The number of methoxy groups -OCH3 is 1. The van der Waals surface area contributed by atoms with Crippen molar-refractivity contribution in [3.05, 3.63) is 22.8 Å². The number of ether oxygens (including phenoxy) is 6. The number of aliphatic hydroxyl groups is 3. The summed E-state index contributed by atoms with van der Waals surface area (Å²) in [7, 11) is 1.76. The van der Waals surface area contributed by atoms with Crippen molar-refractivity contribution < 1.29 is 43.7 Å². The van der Waals surface area contributed by atoms with E-state index >= 15 is 0 Å². The molecule has 0 radical (unpaired) electrons. The Bertz CT molecular complexity index is 1050. The lowest BCUT2D eigenvalue weighted by Crippen LogP contribution is -2.65. The van der Waals surface area contributed by atoms with Crippen molar-refractivity contribution in [2.75, 3.05) is 26.9 Å². The van der Waals surface area contributed by atoms with Crippen molar-refractivity contribution in [2.45, 2.75) is 116 Å². The van der Waals surface area contributed by atoms with Gasteiger partial charge in [0, 0.05) is 31.0 Å². The zero-order chi connectivity index (χ0) is 29.4. The molecule has 9 heteroatoms. The molecule has 3 aliphatic carbocycles. The van der Waals surface area contributed by atoms with Crippen molar-refractivity contribution >= 4 is 0 Å². The summed E-state index contributed by atoms with van der Waals surface area (Å²) in [5, 5.41) is 34.6. The molecule has 0 spiro atoms. The smallest absolute Gasteiger partial charge is 0.187 e. The summed E-state index contributed by atoms with van der Waals surface area (Å²) in [6.07, 6.45) is -1.38. The van der Waals surface area contributed by atoms with Crippen LogP contribution in [0.1, 0.15) is 60.8 Å². The van der Waals surface area contributed by atoms with Crippen LogP contribution in [0, 0.1) is 35.0 Å². The number of hydrogen-bond acceptors (Lipinski definition) is 9. The Morgan fingerprint density at radius 1 is 1.02 bits per heavy atom. The number of rotatable bonds is 5. The van der Waals surface area contributed by atoms with E-state index in [9.17, 15) is 15.3 Å². The van der Waals surface area contributed by atoms with Crippen molar-refractivity contribution in [1.29, 1.82) is 0 Å². The van der Waals surface area contributed by atoms with Crippen LogP contribution < -0.4 is 0 Å². The Kier molecular flexibility index (Phi) is 8.04. The minimum Gasteiger partial charge on any atom is -0.390 e. The third kappa shape index (κ3) is 4.88. The highest BCUT2D eigenvalue weighted by Crippen LogP contribution is 2.60. The predicted octanol–water partition coefficient (Wildman–Crippen LogP) is 2.96. The van der Waals surface area contributed by atoms with Crippen LogP contribution in [0.5, 0.6) is 0 Å². The second-order valence-electron chi connectivity index (χ2n) is 14.2. The van der Waals surface area contributed by atoms with E-state index in [2.05, 4.69) is 33.8 Å². The summed E-state index contributed by atoms with van der Waals surface area (Å²) in [5.74, 6) is -0.0434. The van der Waals surface area contributed by atoms with Gasteiger partial charge in [0.25, 0.3) is 0 Å². The summed E-state index contributed by atoms with van der Waals surface area (Å²) in [4.78, 5) is 0. The molecule has 0 unspecified atom stereocenters. The molecule has 9 nitrogen and oxygen atoms in total. The van der Waals surface area contributed by atoms with E-state index in [1.165, 1.54) is 11.1 Å². The van der Waals surface area contributed by atoms with E-state index in [4.69, 9.17) is 28.4 Å². The first-order valence-corrected chi connectivity index (χ1v) is 15.6. The topological polar surface area (TPSA) is 116 Å². The molecule has 0 aromatic carbocycles. The lowest BCUT2D eigenvalue weighted by Gasteiger charge is -2.50. The highest BCUT2D eigenvalue weighted by Gasteiger charge is 2.60. The predicted molar refractivity (Wildman–Crippen MR) is 150 cm³/mol. The number of hydrogen-bond donors (Lipinski definition) is 3. The van der Waals surface area contributed by atoms with Gasteiger partial charge in [-0.05, 0) is 63.4 Å². The van der Waals surface area contributed by atoms with Gasteiger partial charge in [-0.1, -0.05) is 38.0 Å². The number of aliphatic hydroxyl groups excluding tert-OH is 3. The maximum Gasteiger partial charge on any atom is 0.187 e. The average molecular weight is 579 g/mol. The standard InChI is InChI=1S/C32H50O9/c1-15(2)22-19-10-11-37-29(19)32(6)12-20-17(13-36-7)8-9-18(20)16(3)24(33)28(23(22)32)40-30-26(35)25(34)27-21(39-30)14-38-31(4,5)41-27/h12,15-19,21,24-30,33-35H,8-11,13-14H2,1-7H3/b20-12-/t16-,17-,18+,19+,21-,24-,25-,26-,27-,28-,29+,30-,32-/m1/s1. The molecular formula is C32H50O9. The average Bonchev–Trinajstić information content (AvgIpc) is 3.60. The highest BCUT2D eigenvalue weighted by atomic mass is 16.8. The van der Waals surface area contributed by atoms with Gasteiger partial charge in [0.2, 0.25) is 0 Å². The zero-order valence-electron chi connectivity index (χ0n) is 25.6. The Morgan fingerprint density at radius 2 is 1.78 bits per heavy atom. The Labute approximate surface area is 244 Å². The first-order chi connectivity index (χ1) is 19.4. The fourth-order valence-corrected chi connectivity index (χ4v) is 8.99. The molecule has 4 fully saturated rings. The Morgan fingerprint density at radius 3 is 2.49 bits per heavy atom. The summed E-state index contributed by atoms with van der Waals surface area (Å²) in [5.41, 5.74) is 3.18. The lowest BCUT2D eigenvalue weighted by molar-refractivity contribution is -0.387. The molecule has 3 N–H and O–H groups in total. The molecule has 6 rings (SSSR count). The molecule has 0 aromatic heterocycles. The van der Waals surface area contributed by atoms with Gasteiger partial charge < -0.3 is 43.7 Å². The van der Waals surface area contributed by atoms with E-state index in [1.54, 1.807) is 21.0 Å². The number of fused-ring (bicyclic) bond motifs is 5. The first kappa shape index (κ1) is 30.2. The summed E-state index contributed by atoms with van der Waals surface area (Å²) >= 11 is 0. The Balaban J connectivity index is 1.42. The maximum absolute atomic E-state index is 12.2. The fraction of sp³-hybridized carbons (Fsp3) is 0.875. The van der Waals surface area contributed by atoms with E-state index < -0.39 is 54.1 Å². The van der Waals surface area contributed by atoms with Gasteiger partial charge >= 0.3 is 0 Å². The van der Waals surface area contributed by atoms with Gasteiger partial charge in [-0.15, -0.1) is 0 Å². The molecule has 3 heterocycles. The normalized spacial score (nSPS) is 50.5. The molecule has 3 saturated heterocycles. The van der Waals surface area contributed by atoms with Crippen LogP contribution in [0.15, 0.2) is 22.8 Å². The third-order valence-electron chi connectivity index (χ3n) is 10.9. The van der Waals surface area contributed by atoms with E-state index in [0.717, 1.165) is 24.8 Å². The second kappa shape index (κ2) is 10.9. The highest BCUT2D eigenvalue weighted by molar-refractivity contribution is 5.45. The van der Waals surface area contributed by atoms with Crippen LogP contribution in [0.25, 0.3) is 0 Å². The van der Waals surface area contributed by atoms with Gasteiger partial charge in [0.1, 0.15) is 30.5 Å². The monoisotopic (exact) mass is 578 g/mol. The first-order valence-electron chi connectivity index (χ1n) is 15.6. The largest absolute Gasteiger partial charge is 0.390 e. The molecule has 6 aliphatic rings. The molecule has 0 amide bonds. The Hall–Kier alpha value is -0.880. The molecule has 0 bridgehead atoms. The van der Waals surface area contributed by atoms with E-state index in [0.29, 0.717) is 19.1 Å². The van der Waals surface area contributed by atoms with Gasteiger partial charge in [-0.3, -0.25) is 0 Å². The van der Waals surface area contributed by atoms with E-state index in [-0.39, 0.29) is 36.4 Å². The van der Waals surface area contributed by atoms with Gasteiger partial charge in [-0.25, -0.2) is 0 Å². The fourth-order valence-electron chi connectivity index (χ4n) is 8.99. The molecular weight excluding hydrogens is 528 g/mol. The minimum atomic E-state index is -1.35. The van der Waals surface area contributed by atoms with Crippen LogP contribution in [-0.4, -0.2) is 97.1 Å². The summed E-state index contributed by atoms with van der Waals surface area (Å²) in [6, 6.07) is 0. The lowest BCUT2D eigenvalue weighted by atomic mass is 9.68. The second-order valence-corrected chi connectivity index (χ2v) is 14.2. The van der Waals surface area contributed by atoms with Crippen molar-refractivity contribution in [3.8, 4) is 0 Å². The quantitative estimate of drug-likeness (QED) is 0.424. The summed E-state index contributed by atoms with van der Waals surface area (Å²) < 4.78 is 36.8. The van der Waals surface area contributed by atoms with Crippen molar-refractivity contribution in [2.24, 2.45) is 35.0 Å². The SMILES string of the molecule is COC[C@H]1CC[C@@H]2/C1=C\[C@]1(C)C(=C(C(C)C)[C@@H]3CCO[C@@H]31)[C@@H](O[C@H]1O[C@@H]3COC(C)(C)O[C@H]3[C@H](O)[C@H]1O)[C@H](O)[C@@H]2C. The van der Waals surface area contributed by atoms with E-state index in [1.807, 2.05) is 0 Å². The third-order valence-corrected chi connectivity index (χ3v) is 10.9. The van der Waals surface area contributed by atoms with Crippen LogP contribution >= 0.6 is 0 Å². The molecule has 41 heavy (non-hydrogen) atoms. The van der Waals surface area contributed by atoms with Gasteiger partial charge in [0.05, 0.1) is 25.4 Å². The van der Waals surface area contributed by atoms with Crippen LogP contribution in [0.3, 0.4) is 0 Å². The van der Waals surface area contributed by atoms with Crippen molar-refractivity contribution in [3.63, 3.8) is 0 Å². The molecule has 13 atom stereocenters. The van der Waals surface area contributed by atoms with Crippen LogP contribution in [0.4, 0.5) is 0 Å². The molecule has 232 valence electrons. The van der Waals surface area contributed by atoms with Gasteiger partial charge in [0.15, 0.2) is 12.1 Å². The van der Waals surface area contributed by atoms with Crippen LogP contribution in [-0.2, 0) is 28.4 Å². The molecule has 3 aliphatic heterocycles.